The molecule has 0 amide bonds. The summed E-state index contributed by atoms with van der Waals surface area (Å²) in [6, 6.07) is 4.26. The first kappa shape index (κ1) is 26.0. The second-order valence-electron chi connectivity index (χ2n) is 9.90. The molecule has 6 N–H and O–H groups in total. The number of hydrogen-bond donors (Lipinski definition) is 6. The molecular weight excluding hydrogens is 538 g/mol. The Labute approximate surface area is 229 Å². The minimum atomic E-state index is -1.61. The maximum Gasteiger partial charge on any atom is 0.329 e. The quantitative estimate of drug-likeness (QED) is 0.139. The molecule has 0 radical (unpaired) electrons. The smallest absolute Gasteiger partial charge is 0.329 e. The first-order valence-electron chi connectivity index (χ1n) is 12.5. The van der Waals surface area contributed by atoms with Crippen LogP contribution in [0.15, 0.2) is 38.3 Å². The van der Waals surface area contributed by atoms with Crippen LogP contribution in [0.2, 0.25) is 0 Å². The highest BCUT2D eigenvalue weighted by molar-refractivity contribution is 6.07. The van der Waals surface area contributed by atoms with E-state index in [0.29, 0.717) is 10.9 Å². The molecule has 12 heteroatoms. The van der Waals surface area contributed by atoms with Crippen LogP contribution in [-0.4, -0.2) is 54.9 Å². The monoisotopic (exact) mass is 561 g/mol. The molecule has 2 aromatic heterocycles. The zero-order valence-electron chi connectivity index (χ0n) is 21.7. The lowest BCUT2D eigenvalue weighted by Gasteiger charge is -2.25. The minimum absolute atomic E-state index is 0.0191. The Balaban J connectivity index is 1.75. The van der Waals surface area contributed by atoms with Crippen LogP contribution in [0.4, 0.5) is 0 Å². The molecule has 41 heavy (non-hydrogen) atoms. The third kappa shape index (κ3) is 3.40. The van der Waals surface area contributed by atoms with E-state index in [1.807, 2.05) is 0 Å². The maximum atomic E-state index is 13.6. The molecule has 210 valence electrons. The number of aliphatic hydroxyl groups excluding tert-OH is 1. The van der Waals surface area contributed by atoms with Gasteiger partial charge in [-0.2, -0.15) is 0 Å². The van der Waals surface area contributed by atoms with Crippen molar-refractivity contribution in [2.24, 2.45) is 0 Å². The number of aromatic hydroxyl groups is 4. The molecule has 0 saturated carbocycles. The number of ether oxygens (including phenoxy) is 1. The predicted octanol–water partition coefficient (Wildman–Crippen LogP) is 2.78. The number of benzene rings is 3. The van der Waals surface area contributed by atoms with Crippen LogP contribution in [0.5, 0.6) is 28.7 Å². The highest BCUT2D eigenvalue weighted by Gasteiger charge is 2.33. The maximum absolute atomic E-state index is 13.6. The SMILES string of the molecule is COc1ccc2oc3c(O)c4c(c(O)c3c(=O)c2c1O)-c1c(cc2cc(C)n(C(CO)C(=O)O)c(=O)c2c1O)CC4. The molecule has 0 saturated heterocycles. The molecule has 3 aromatic carbocycles. The first-order chi connectivity index (χ1) is 19.5. The van der Waals surface area contributed by atoms with E-state index in [1.165, 1.54) is 32.2 Å². The molecule has 0 bridgehead atoms. The Morgan fingerprint density at radius 1 is 0.976 bits per heavy atom. The fourth-order valence-electron chi connectivity index (χ4n) is 5.88. The number of hydrogen-bond acceptors (Lipinski definition) is 10. The van der Waals surface area contributed by atoms with Crippen molar-refractivity contribution in [3.63, 3.8) is 0 Å². The van der Waals surface area contributed by atoms with E-state index in [0.717, 1.165) is 4.57 Å². The van der Waals surface area contributed by atoms with E-state index >= 15 is 0 Å². The molecule has 1 aliphatic rings. The van der Waals surface area contributed by atoms with Crippen LogP contribution < -0.4 is 15.7 Å². The minimum Gasteiger partial charge on any atom is -0.506 e. The number of carboxylic acid groups (broad SMARTS) is 1. The Morgan fingerprint density at radius 3 is 2.34 bits per heavy atom. The molecule has 1 aliphatic carbocycles. The summed E-state index contributed by atoms with van der Waals surface area (Å²) in [6.07, 6.45) is 0.455. The van der Waals surface area contributed by atoms with Gasteiger partial charge in [-0.25, -0.2) is 4.79 Å². The van der Waals surface area contributed by atoms with Crippen LogP contribution in [0, 0.1) is 6.92 Å². The van der Waals surface area contributed by atoms with Crippen LogP contribution in [0.1, 0.15) is 22.9 Å². The largest absolute Gasteiger partial charge is 0.506 e. The summed E-state index contributed by atoms with van der Waals surface area (Å²) in [4.78, 5) is 38.9. The van der Waals surface area contributed by atoms with Gasteiger partial charge in [-0.05, 0) is 55.0 Å². The van der Waals surface area contributed by atoms with Crippen LogP contribution in [0.25, 0.3) is 43.8 Å². The zero-order valence-corrected chi connectivity index (χ0v) is 21.7. The highest BCUT2D eigenvalue weighted by atomic mass is 16.5. The van der Waals surface area contributed by atoms with Crippen LogP contribution >= 0.6 is 0 Å². The van der Waals surface area contributed by atoms with Gasteiger partial charge >= 0.3 is 5.97 Å². The number of aryl methyl sites for hydroxylation is 2. The molecule has 5 aromatic rings. The van der Waals surface area contributed by atoms with Crippen molar-refractivity contribution in [1.29, 1.82) is 0 Å². The first-order valence-corrected chi connectivity index (χ1v) is 12.5. The summed E-state index contributed by atoms with van der Waals surface area (Å²) >= 11 is 0. The van der Waals surface area contributed by atoms with Crippen molar-refractivity contribution in [3.8, 4) is 39.9 Å². The van der Waals surface area contributed by atoms with Gasteiger partial charge in [0.05, 0.1) is 19.1 Å². The van der Waals surface area contributed by atoms with Crippen molar-refractivity contribution >= 4 is 38.7 Å². The fourth-order valence-corrected chi connectivity index (χ4v) is 5.88. The number of aromatic nitrogens is 1. The van der Waals surface area contributed by atoms with Crippen molar-refractivity contribution < 1.29 is 44.6 Å². The molecule has 1 atom stereocenters. The van der Waals surface area contributed by atoms with Gasteiger partial charge in [0.15, 0.2) is 28.9 Å². The average molecular weight is 561 g/mol. The third-order valence-electron chi connectivity index (χ3n) is 7.75. The van der Waals surface area contributed by atoms with Crippen molar-refractivity contribution in [2.45, 2.75) is 25.8 Å². The Hall–Kier alpha value is -5.23. The number of fused-ring (bicyclic) bond motifs is 6. The van der Waals surface area contributed by atoms with Crippen molar-refractivity contribution in [1.82, 2.24) is 4.57 Å². The summed E-state index contributed by atoms with van der Waals surface area (Å²) in [5, 5.41) is 63.3. The number of aliphatic carboxylic acids is 1. The van der Waals surface area contributed by atoms with Gasteiger partial charge in [-0.1, -0.05) is 0 Å². The standard InChI is InChI=1S/C29H23NO11/c1-10-7-12-8-11-3-4-13-19(17(11)24(34)18(12)28(37)30(10)14(9-31)29(38)39)25(35)21-26(36)20-15(41-27(21)22(13)32)5-6-16(40-2)23(20)33/h5-8,14,31-35H,3-4,9H2,1-2H3,(H,38,39). The van der Waals surface area contributed by atoms with Crippen LogP contribution in [0.3, 0.4) is 0 Å². The van der Waals surface area contributed by atoms with Gasteiger partial charge in [0.1, 0.15) is 27.9 Å². The van der Waals surface area contributed by atoms with E-state index in [9.17, 15) is 45.0 Å². The van der Waals surface area contributed by atoms with E-state index in [-0.39, 0.29) is 62.9 Å². The number of carboxylic acids is 1. The Bertz CT molecular complexity index is 2110. The van der Waals surface area contributed by atoms with Crippen LogP contribution in [-0.2, 0) is 17.6 Å². The molecule has 0 fully saturated rings. The molecule has 12 nitrogen and oxygen atoms in total. The fraction of sp³-hybridized carbons (Fsp3) is 0.207. The number of carbonyl (C=O) groups is 1. The van der Waals surface area contributed by atoms with Crippen molar-refractivity contribution in [3.05, 3.63) is 61.7 Å². The summed E-state index contributed by atoms with van der Waals surface area (Å²) < 4.78 is 11.7. The Morgan fingerprint density at radius 2 is 1.68 bits per heavy atom. The average Bonchev–Trinajstić information content (AvgIpc) is 2.92. The van der Waals surface area contributed by atoms with E-state index in [4.69, 9.17) is 9.15 Å². The summed E-state index contributed by atoms with van der Waals surface area (Å²) in [5.41, 5.74) is -1.37. The van der Waals surface area contributed by atoms with Gasteiger partial charge in [0.25, 0.3) is 5.56 Å². The molecule has 0 aliphatic heterocycles. The van der Waals surface area contributed by atoms with Gasteiger partial charge in [-0.3, -0.25) is 14.2 Å². The second-order valence-corrected chi connectivity index (χ2v) is 9.90. The number of phenols is 4. The number of phenolic OH excluding ortho intramolecular Hbond substituents is 4. The van der Waals surface area contributed by atoms with Crippen molar-refractivity contribution in [2.75, 3.05) is 13.7 Å². The molecule has 0 spiro atoms. The lowest BCUT2D eigenvalue weighted by Crippen LogP contribution is -2.33. The normalized spacial score (nSPS) is 13.3. The van der Waals surface area contributed by atoms with Gasteiger partial charge in [0.2, 0.25) is 5.43 Å². The zero-order chi connectivity index (χ0) is 29.5. The van der Waals surface area contributed by atoms with Gasteiger partial charge < -0.3 is 39.8 Å². The summed E-state index contributed by atoms with van der Waals surface area (Å²) in [7, 11) is 1.29. The third-order valence-corrected chi connectivity index (χ3v) is 7.75. The number of pyridine rings is 1. The Kier molecular flexibility index (Phi) is 5.64. The number of rotatable bonds is 4. The van der Waals surface area contributed by atoms with E-state index < -0.39 is 58.0 Å². The lowest BCUT2D eigenvalue weighted by molar-refractivity contribution is -0.142. The van der Waals surface area contributed by atoms with Gasteiger partial charge in [0, 0.05) is 22.4 Å². The summed E-state index contributed by atoms with van der Waals surface area (Å²) in [5.74, 6) is -3.70. The van der Waals surface area contributed by atoms with Gasteiger partial charge in [-0.15, -0.1) is 0 Å². The summed E-state index contributed by atoms with van der Waals surface area (Å²) in [6.45, 7) is 0.625. The number of nitrogens with zero attached hydrogens (tertiary/aromatic N) is 1. The molecule has 2 heterocycles. The van der Waals surface area contributed by atoms with E-state index in [1.54, 1.807) is 6.07 Å². The highest BCUT2D eigenvalue weighted by Crippen LogP contribution is 2.52. The molecule has 6 rings (SSSR count). The number of methoxy groups -OCH3 is 1. The molecular formula is C29H23NO11. The topological polar surface area (TPSA) is 200 Å². The van der Waals surface area contributed by atoms with E-state index in [2.05, 4.69) is 0 Å². The molecule has 1 unspecified atom stereocenters. The lowest BCUT2D eigenvalue weighted by atomic mass is 9.81. The predicted molar refractivity (Wildman–Crippen MR) is 146 cm³/mol. The second kappa shape index (κ2) is 8.89. The number of aliphatic hydroxyl groups is 1.